The first-order valence-corrected chi connectivity index (χ1v) is 6.59. The second-order valence-electron chi connectivity index (χ2n) is 4.44. The smallest absolute Gasteiger partial charge is 0.161 e. The minimum atomic E-state index is 0. The van der Waals surface area contributed by atoms with Gasteiger partial charge in [-0.1, -0.05) is 12.1 Å². The molecule has 0 aliphatic carbocycles. The summed E-state index contributed by atoms with van der Waals surface area (Å²) < 4.78 is 11.0. The molecular formula is C14H23ClN2O2. The maximum Gasteiger partial charge on any atom is 0.161 e. The molecule has 1 N–H and O–H groups in total. The van der Waals surface area contributed by atoms with Crippen molar-refractivity contribution in [2.24, 2.45) is 0 Å². The van der Waals surface area contributed by atoms with Crippen LogP contribution in [0.5, 0.6) is 11.5 Å². The number of halogens is 1. The van der Waals surface area contributed by atoms with Gasteiger partial charge >= 0.3 is 0 Å². The van der Waals surface area contributed by atoms with Crippen LogP contribution in [0, 0.1) is 0 Å². The van der Waals surface area contributed by atoms with Gasteiger partial charge in [0, 0.05) is 19.6 Å². The van der Waals surface area contributed by atoms with Crippen LogP contribution in [0.1, 0.15) is 6.42 Å². The highest BCUT2D eigenvalue weighted by Crippen LogP contribution is 2.25. The van der Waals surface area contributed by atoms with Gasteiger partial charge in [-0.05, 0) is 31.6 Å². The number of hydrogen-bond donors (Lipinski definition) is 1. The summed E-state index contributed by atoms with van der Waals surface area (Å²) in [5, 5.41) is 3.40. The Kier molecular flexibility index (Phi) is 7.63. The highest BCUT2D eigenvalue weighted by Gasteiger charge is 2.09. The molecule has 0 atom stereocenters. The van der Waals surface area contributed by atoms with E-state index in [4.69, 9.17) is 9.47 Å². The lowest BCUT2D eigenvalue weighted by Crippen LogP contribution is -2.31. The van der Waals surface area contributed by atoms with Crippen LogP contribution < -0.4 is 14.8 Å². The van der Waals surface area contributed by atoms with Crippen molar-refractivity contribution >= 4 is 12.4 Å². The van der Waals surface area contributed by atoms with E-state index >= 15 is 0 Å². The molecule has 5 heteroatoms. The molecule has 1 aromatic carbocycles. The summed E-state index contributed by atoms with van der Waals surface area (Å²) in [6.07, 6.45) is 1.22. The number of para-hydroxylation sites is 2. The number of hydrogen-bond acceptors (Lipinski definition) is 4. The van der Waals surface area contributed by atoms with E-state index < -0.39 is 0 Å². The first-order chi connectivity index (χ1) is 8.90. The predicted octanol–water partition coefficient (Wildman–Crippen LogP) is 1.79. The first kappa shape index (κ1) is 16.1. The molecule has 1 fully saturated rings. The van der Waals surface area contributed by atoms with Gasteiger partial charge in [0.2, 0.25) is 0 Å². The molecule has 0 aromatic heterocycles. The molecule has 0 radical (unpaired) electrons. The van der Waals surface area contributed by atoms with Gasteiger partial charge in [0.15, 0.2) is 11.5 Å². The zero-order valence-electron chi connectivity index (χ0n) is 11.4. The Morgan fingerprint density at radius 3 is 2.74 bits per heavy atom. The summed E-state index contributed by atoms with van der Waals surface area (Å²) in [5.41, 5.74) is 0. The van der Waals surface area contributed by atoms with Crippen molar-refractivity contribution < 1.29 is 9.47 Å². The Labute approximate surface area is 121 Å². The van der Waals surface area contributed by atoms with Gasteiger partial charge in [0.05, 0.1) is 7.11 Å². The van der Waals surface area contributed by atoms with E-state index in [-0.39, 0.29) is 12.4 Å². The van der Waals surface area contributed by atoms with Crippen molar-refractivity contribution in [2.75, 3.05) is 46.4 Å². The van der Waals surface area contributed by atoms with Crippen LogP contribution in [-0.4, -0.2) is 51.3 Å². The third kappa shape index (κ3) is 5.27. The molecule has 1 aliphatic rings. The summed E-state index contributed by atoms with van der Waals surface area (Å²) in [5.74, 6) is 1.63. The van der Waals surface area contributed by atoms with Crippen molar-refractivity contribution in [1.29, 1.82) is 0 Å². The van der Waals surface area contributed by atoms with Gasteiger partial charge < -0.3 is 14.8 Å². The number of methoxy groups -OCH3 is 1. The van der Waals surface area contributed by atoms with E-state index in [0.29, 0.717) is 6.61 Å². The Morgan fingerprint density at radius 2 is 1.95 bits per heavy atom. The van der Waals surface area contributed by atoms with E-state index in [1.54, 1.807) is 7.11 Å². The lowest BCUT2D eigenvalue weighted by molar-refractivity contribution is 0.212. The van der Waals surface area contributed by atoms with Crippen molar-refractivity contribution in [2.45, 2.75) is 6.42 Å². The molecule has 0 saturated carbocycles. The number of benzene rings is 1. The average Bonchev–Trinajstić information content (AvgIpc) is 2.68. The summed E-state index contributed by atoms with van der Waals surface area (Å²) in [4.78, 5) is 2.44. The molecule has 4 nitrogen and oxygen atoms in total. The Hall–Kier alpha value is -0.970. The van der Waals surface area contributed by atoms with Crippen LogP contribution in [0.25, 0.3) is 0 Å². The quantitative estimate of drug-likeness (QED) is 0.895. The number of nitrogens with zero attached hydrogens (tertiary/aromatic N) is 1. The van der Waals surface area contributed by atoms with Crippen LogP contribution >= 0.6 is 12.4 Å². The van der Waals surface area contributed by atoms with E-state index in [1.165, 1.54) is 6.42 Å². The average molecular weight is 287 g/mol. The minimum Gasteiger partial charge on any atom is -0.493 e. The van der Waals surface area contributed by atoms with Gasteiger partial charge in [-0.15, -0.1) is 12.4 Å². The predicted molar refractivity (Wildman–Crippen MR) is 79.7 cm³/mol. The Bertz CT molecular complexity index is 355. The van der Waals surface area contributed by atoms with Crippen LogP contribution in [0.3, 0.4) is 0 Å². The Morgan fingerprint density at radius 1 is 1.16 bits per heavy atom. The van der Waals surface area contributed by atoms with Crippen LogP contribution in [0.2, 0.25) is 0 Å². The van der Waals surface area contributed by atoms with Crippen LogP contribution in [0.15, 0.2) is 24.3 Å². The molecule has 2 rings (SSSR count). The van der Waals surface area contributed by atoms with Gasteiger partial charge in [-0.2, -0.15) is 0 Å². The molecule has 19 heavy (non-hydrogen) atoms. The zero-order valence-corrected chi connectivity index (χ0v) is 12.2. The topological polar surface area (TPSA) is 33.7 Å². The van der Waals surface area contributed by atoms with Gasteiger partial charge in [0.1, 0.15) is 6.61 Å². The fraction of sp³-hybridized carbons (Fsp3) is 0.571. The molecule has 1 saturated heterocycles. The maximum atomic E-state index is 5.78. The molecular weight excluding hydrogens is 264 g/mol. The summed E-state index contributed by atoms with van der Waals surface area (Å²) in [6.45, 7) is 6.15. The third-order valence-electron chi connectivity index (χ3n) is 3.17. The molecule has 1 heterocycles. The van der Waals surface area contributed by atoms with Gasteiger partial charge in [0.25, 0.3) is 0 Å². The van der Waals surface area contributed by atoms with Crippen LogP contribution in [0.4, 0.5) is 0 Å². The van der Waals surface area contributed by atoms with Crippen LogP contribution in [-0.2, 0) is 0 Å². The summed E-state index contributed by atoms with van der Waals surface area (Å²) in [7, 11) is 1.67. The zero-order chi connectivity index (χ0) is 12.6. The fourth-order valence-electron chi connectivity index (χ4n) is 2.15. The lowest BCUT2D eigenvalue weighted by atomic mass is 10.3. The molecule has 1 aliphatic heterocycles. The fourth-order valence-corrected chi connectivity index (χ4v) is 2.15. The molecule has 108 valence electrons. The number of rotatable bonds is 5. The van der Waals surface area contributed by atoms with E-state index in [1.807, 2.05) is 24.3 Å². The number of ether oxygens (including phenoxy) is 2. The highest BCUT2D eigenvalue weighted by atomic mass is 35.5. The van der Waals surface area contributed by atoms with E-state index in [2.05, 4.69) is 10.2 Å². The Balaban J connectivity index is 0.00000180. The van der Waals surface area contributed by atoms with Gasteiger partial charge in [-0.25, -0.2) is 0 Å². The minimum absolute atomic E-state index is 0. The first-order valence-electron chi connectivity index (χ1n) is 6.59. The second-order valence-corrected chi connectivity index (χ2v) is 4.44. The maximum absolute atomic E-state index is 5.78. The lowest BCUT2D eigenvalue weighted by Gasteiger charge is -2.19. The second kappa shape index (κ2) is 9.02. The monoisotopic (exact) mass is 286 g/mol. The van der Waals surface area contributed by atoms with Crippen molar-refractivity contribution in [3.63, 3.8) is 0 Å². The van der Waals surface area contributed by atoms with E-state index in [9.17, 15) is 0 Å². The SMILES string of the molecule is COc1ccccc1OCCN1CCCNCC1.Cl. The number of nitrogens with one attached hydrogen (secondary N) is 1. The highest BCUT2D eigenvalue weighted by molar-refractivity contribution is 5.85. The standard InChI is InChI=1S/C14H22N2O2.ClH/c1-17-13-5-2-3-6-14(13)18-12-11-16-9-4-7-15-8-10-16;/h2-3,5-6,15H,4,7-12H2,1H3;1H. The van der Waals surface area contributed by atoms with Gasteiger partial charge in [-0.3, -0.25) is 4.90 Å². The van der Waals surface area contributed by atoms with Crippen molar-refractivity contribution in [3.05, 3.63) is 24.3 Å². The van der Waals surface area contributed by atoms with Crippen molar-refractivity contribution in [3.8, 4) is 11.5 Å². The molecule has 0 unspecified atom stereocenters. The molecule has 0 amide bonds. The molecule has 0 bridgehead atoms. The third-order valence-corrected chi connectivity index (χ3v) is 3.17. The van der Waals surface area contributed by atoms with Crippen molar-refractivity contribution in [1.82, 2.24) is 10.2 Å². The normalized spacial score (nSPS) is 16.3. The summed E-state index contributed by atoms with van der Waals surface area (Å²) in [6, 6.07) is 7.79. The molecule has 0 spiro atoms. The molecule has 1 aromatic rings. The van der Waals surface area contributed by atoms with E-state index in [0.717, 1.165) is 44.2 Å². The summed E-state index contributed by atoms with van der Waals surface area (Å²) >= 11 is 0. The largest absolute Gasteiger partial charge is 0.493 e.